The van der Waals surface area contributed by atoms with Gasteiger partial charge in [0.1, 0.15) is 0 Å². The predicted octanol–water partition coefficient (Wildman–Crippen LogP) is 2.36. The minimum absolute atomic E-state index is 0.122. The number of hydrogen-bond donors (Lipinski definition) is 0. The molecule has 0 radical (unpaired) electrons. The summed E-state index contributed by atoms with van der Waals surface area (Å²) < 4.78 is 0. The van der Waals surface area contributed by atoms with Crippen molar-refractivity contribution in [2.75, 3.05) is 26.7 Å². The molecule has 0 saturated carbocycles. The third-order valence-electron chi connectivity index (χ3n) is 5.93. The highest BCUT2D eigenvalue weighted by atomic mass is 16.2. The monoisotopic (exact) mass is 324 g/mol. The number of carbonyl (C=O) groups excluding carboxylic acids is 2. The second-order valence-corrected chi connectivity index (χ2v) is 7.32. The number of hydrogen-bond acceptors (Lipinski definition) is 3. The summed E-state index contributed by atoms with van der Waals surface area (Å²) in [4.78, 5) is 29.4. The van der Waals surface area contributed by atoms with Gasteiger partial charge in [0.2, 0.25) is 5.91 Å². The zero-order valence-electron chi connectivity index (χ0n) is 14.2. The zero-order valence-corrected chi connectivity index (χ0v) is 14.2. The van der Waals surface area contributed by atoms with Crippen molar-refractivity contribution in [1.29, 1.82) is 0 Å². The lowest BCUT2D eigenvalue weighted by Gasteiger charge is -2.21. The predicted molar refractivity (Wildman–Crippen MR) is 93.3 cm³/mol. The fourth-order valence-electron chi connectivity index (χ4n) is 4.51. The van der Waals surface area contributed by atoms with Crippen LogP contribution < -0.4 is 0 Å². The Kier molecular flexibility index (Phi) is 4.01. The van der Waals surface area contributed by atoms with E-state index >= 15 is 0 Å². The molecule has 4 nitrogen and oxygen atoms in total. The molecule has 4 rings (SSSR count). The quantitative estimate of drug-likeness (QED) is 0.857. The Hall–Kier alpha value is -1.94. The Morgan fingerprint density at radius 2 is 1.96 bits per heavy atom. The molecule has 0 N–H and O–H groups in total. The first-order chi connectivity index (χ1) is 11.6. The van der Waals surface area contributed by atoms with E-state index in [1.54, 1.807) is 0 Å². The summed E-state index contributed by atoms with van der Waals surface area (Å²) in [7, 11) is 2.15. The molecule has 126 valence electrons. The maximum absolute atomic E-state index is 12.8. The van der Waals surface area contributed by atoms with Gasteiger partial charge in [-0.15, -0.1) is 0 Å². The number of carbonyl (C=O) groups is 2. The molecule has 2 aliphatic heterocycles. The molecule has 0 bridgehead atoms. The normalized spacial score (nSPS) is 27.2. The van der Waals surface area contributed by atoms with Crippen LogP contribution in [0.1, 0.15) is 31.2 Å². The van der Waals surface area contributed by atoms with Gasteiger partial charge in [0, 0.05) is 31.1 Å². The molecule has 3 aliphatic rings. The van der Waals surface area contributed by atoms with Crippen LogP contribution in [0.15, 0.2) is 35.9 Å². The first-order valence-corrected chi connectivity index (χ1v) is 8.92. The lowest BCUT2D eigenvalue weighted by molar-refractivity contribution is -0.130. The standard InChI is InChI=1S/C20H24N2O2/c1-21-10-9-15-12-22(13-18(15)21)20(24)11-17-16(7-8-19(17)23)14-5-3-2-4-6-14/h2-6,15,18H,7-13H2,1H3/t15-,18+/m0/s1. The summed E-state index contributed by atoms with van der Waals surface area (Å²) in [6.07, 6.45) is 2.76. The van der Waals surface area contributed by atoms with Gasteiger partial charge in [0.05, 0.1) is 6.42 Å². The highest BCUT2D eigenvalue weighted by Crippen LogP contribution is 2.35. The Morgan fingerprint density at radius 3 is 2.71 bits per heavy atom. The van der Waals surface area contributed by atoms with E-state index in [1.165, 1.54) is 6.42 Å². The SMILES string of the molecule is CN1CC[C@H]2CN(C(=O)CC3=C(c4ccccc4)CCC3=O)C[C@H]21. The largest absolute Gasteiger partial charge is 0.340 e. The van der Waals surface area contributed by atoms with Gasteiger partial charge in [-0.1, -0.05) is 30.3 Å². The van der Waals surface area contributed by atoms with Crippen molar-refractivity contribution in [1.82, 2.24) is 9.80 Å². The second kappa shape index (κ2) is 6.17. The highest BCUT2D eigenvalue weighted by molar-refractivity contribution is 6.10. The minimum atomic E-state index is 0.122. The molecule has 0 unspecified atom stereocenters. The number of nitrogens with zero attached hydrogens (tertiary/aromatic N) is 2. The minimum Gasteiger partial charge on any atom is -0.340 e. The van der Waals surface area contributed by atoms with E-state index in [4.69, 9.17) is 0 Å². The van der Waals surface area contributed by atoms with Crippen LogP contribution in [-0.4, -0.2) is 54.2 Å². The molecule has 2 heterocycles. The Balaban J connectivity index is 1.51. The number of fused-ring (bicyclic) bond motifs is 1. The van der Waals surface area contributed by atoms with Crippen molar-refractivity contribution in [2.24, 2.45) is 5.92 Å². The van der Waals surface area contributed by atoms with E-state index in [9.17, 15) is 9.59 Å². The number of Topliss-reactive ketones (excluding diaryl/α,β-unsaturated/α-hetero) is 1. The van der Waals surface area contributed by atoms with Crippen molar-refractivity contribution >= 4 is 17.3 Å². The summed E-state index contributed by atoms with van der Waals surface area (Å²) >= 11 is 0. The smallest absolute Gasteiger partial charge is 0.227 e. The van der Waals surface area contributed by atoms with E-state index in [2.05, 4.69) is 11.9 Å². The number of benzene rings is 1. The van der Waals surface area contributed by atoms with Crippen LogP contribution in [0.4, 0.5) is 0 Å². The molecule has 0 spiro atoms. The fraction of sp³-hybridized carbons (Fsp3) is 0.500. The molecule has 2 atom stereocenters. The van der Waals surface area contributed by atoms with Gasteiger partial charge in [-0.25, -0.2) is 0 Å². The van der Waals surface area contributed by atoms with Gasteiger partial charge in [-0.3, -0.25) is 9.59 Å². The molecular weight excluding hydrogens is 300 g/mol. The fourth-order valence-corrected chi connectivity index (χ4v) is 4.51. The van der Waals surface area contributed by atoms with Gasteiger partial charge < -0.3 is 9.80 Å². The number of amides is 1. The average molecular weight is 324 g/mol. The average Bonchev–Trinajstić information content (AvgIpc) is 3.26. The van der Waals surface area contributed by atoms with Gasteiger partial charge in [-0.2, -0.15) is 0 Å². The number of allylic oxidation sites excluding steroid dienone is 1. The summed E-state index contributed by atoms with van der Waals surface area (Å²) in [5.41, 5.74) is 2.91. The van der Waals surface area contributed by atoms with E-state index < -0.39 is 0 Å². The molecular formula is C20H24N2O2. The van der Waals surface area contributed by atoms with Crippen molar-refractivity contribution in [2.45, 2.75) is 31.7 Å². The topological polar surface area (TPSA) is 40.6 Å². The van der Waals surface area contributed by atoms with Crippen molar-refractivity contribution in [3.8, 4) is 0 Å². The Labute approximate surface area is 143 Å². The van der Waals surface area contributed by atoms with Crippen LogP contribution >= 0.6 is 0 Å². The van der Waals surface area contributed by atoms with Crippen molar-refractivity contribution < 1.29 is 9.59 Å². The van der Waals surface area contributed by atoms with Crippen LogP contribution in [0.25, 0.3) is 5.57 Å². The number of ketones is 1. The summed E-state index contributed by atoms with van der Waals surface area (Å²) in [5.74, 6) is 0.885. The molecule has 1 aromatic rings. The van der Waals surface area contributed by atoms with E-state index in [1.807, 2.05) is 35.2 Å². The summed E-state index contributed by atoms with van der Waals surface area (Å²) in [6.45, 7) is 2.82. The molecule has 0 aromatic heterocycles. The van der Waals surface area contributed by atoms with Crippen LogP contribution in [0.2, 0.25) is 0 Å². The maximum Gasteiger partial charge on any atom is 0.227 e. The van der Waals surface area contributed by atoms with Crippen molar-refractivity contribution in [3.63, 3.8) is 0 Å². The van der Waals surface area contributed by atoms with Crippen molar-refractivity contribution in [3.05, 3.63) is 41.5 Å². The third-order valence-corrected chi connectivity index (χ3v) is 5.93. The molecule has 4 heteroatoms. The van der Waals surface area contributed by atoms with Crippen LogP contribution in [0.3, 0.4) is 0 Å². The number of likely N-dealkylation sites (tertiary alicyclic amines) is 2. The highest BCUT2D eigenvalue weighted by Gasteiger charge is 2.41. The van der Waals surface area contributed by atoms with E-state index in [0.717, 1.165) is 42.8 Å². The number of likely N-dealkylation sites (N-methyl/N-ethyl adjacent to an activating group) is 1. The zero-order chi connectivity index (χ0) is 16.7. The maximum atomic E-state index is 12.8. The molecule has 2 fully saturated rings. The summed E-state index contributed by atoms with van der Waals surface area (Å²) in [5, 5.41) is 0. The van der Waals surface area contributed by atoms with E-state index in [0.29, 0.717) is 18.4 Å². The number of rotatable bonds is 3. The van der Waals surface area contributed by atoms with Gasteiger partial charge in [-0.05, 0) is 43.5 Å². The van der Waals surface area contributed by atoms with Crippen LogP contribution in [-0.2, 0) is 9.59 Å². The first-order valence-electron chi connectivity index (χ1n) is 8.92. The lowest BCUT2D eigenvalue weighted by atomic mass is 10.00. The van der Waals surface area contributed by atoms with Crippen LogP contribution in [0.5, 0.6) is 0 Å². The first kappa shape index (κ1) is 15.6. The van der Waals surface area contributed by atoms with Gasteiger partial charge in [0.15, 0.2) is 5.78 Å². The summed E-state index contributed by atoms with van der Waals surface area (Å²) in [6, 6.07) is 10.5. The molecule has 2 saturated heterocycles. The van der Waals surface area contributed by atoms with Gasteiger partial charge in [0.25, 0.3) is 0 Å². The molecule has 1 amide bonds. The Bertz CT molecular complexity index is 695. The lowest BCUT2D eigenvalue weighted by Crippen LogP contribution is -2.35. The van der Waals surface area contributed by atoms with Gasteiger partial charge >= 0.3 is 0 Å². The van der Waals surface area contributed by atoms with Crippen LogP contribution in [0, 0.1) is 5.92 Å². The molecule has 24 heavy (non-hydrogen) atoms. The second-order valence-electron chi connectivity index (χ2n) is 7.32. The third kappa shape index (κ3) is 2.69. The molecule has 1 aromatic carbocycles. The van der Waals surface area contributed by atoms with E-state index in [-0.39, 0.29) is 18.1 Å². The molecule has 1 aliphatic carbocycles. The Morgan fingerprint density at radius 1 is 1.17 bits per heavy atom.